The zero-order valence-corrected chi connectivity index (χ0v) is 18.4. The third-order valence-electron chi connectivity index (χ3n) is 4.84. The van der Waals surface area contributed by atoms with Gasteiger partial charge in [-0.2, -0.15) is 8.78 Å². The Morgan fingerprint density at radius 1 is 1.16 bits per heavy atom. The molecule has 0 fully saturated rings. The number of anilines is 1. The molecular formula is C22H23F2NO6S. The number of ether oxygens (including phenoxy) is 3. The number of halogens is 2. The first kappa shape index (κ1) is 23.6. The van der Waals surface area contributed by atoms with Crippen LogP contribution >= 0.6 is 11.3 Å². The summed E-state index contributed by atoms with van der Waals surface area (Å²) in [5.41, 5.74) is 1.22. The van der Waals surface area contributed by atoms with Crippen LogP contribution in [0, 0.1) is 0 Å². The molecule has 0 aliphatic heterocycles. The normalized spacial score (nSPS) is 13.8. The van der Waals surface area contributed by atoms with Gasteiger partial charge in [-0.1, -0.05) is 6.07 Å². The fraction of sp³-hybridized carbons (Fsp3) is 0.409. The number of esters is 2. The zero-order chi connectivity index (χ0) is 23.3. The van der Waals surface area contributed by atoms with Crippen molar-refractivity contribution in [2.45, 2.75) is 52.2 Å². The van der Waals surface area contributed by atoms with Crippen LogP contribution in [0.1, 0.15) is 57.8 Å². The van der Waals surface area contributed by atoms with Crippen molar-refractivity contribution >= 4 is 34.2 Å². The Kier molecular flexibility index (Phi) is 7.79. The third kappa shape index (κ3) is 5.61. The summed E-state index contributed by atoms with van der Waals surface area (Å²) in [6, 6.07) is 5.10. The van der Waals surface area contributed by atoms with E-state index < -0.39 is 30.6 Å². The van der Waals surface area contributed by atoms with Gasteiger partial charge in [0, 0.05) is 4.88 Å². The van der Waals surface area contributed by atoms with Gasteiger partial charge in [0.05, 0.1) is 17.7 Å². The quantitative estimate of drug-likeness (QED) is 0.571. The Morgan fingerprint density at radius 3 is 2.62 bits per heavy atom. The lowest BCUT2D eigenvalue weighted by atomic mass is 9.95. The van der Waals surface area contributed by atoms with Crippen LogP contribution in [-0.2, 0) is 27.1 Å². The third-order valence-corrected chi connectivity index (χ3v) is 6.04. The van der Waals surface area contributed by atoms with Crippen molar-refractivity contribution in [2.75, 3.05) is 11.9 Å². The summed E-state index contributed by atoms with van der Waals surface area (Å²) in [5.74, 6) is -2.19. The Balaban J connectivity index is 1.71. The molecule has 1 aromatic carbocycles. The minimum atomic E-state index is -3.03. The van der Waals surface area contributed by atoms with Crippen LogP contribution in [0.4, 0.5) is 13.8 Å². The molecule has 1 atom stereocenters. The molecule has 0 saturated carbocycles. The number of aryl methyl sites for hydroxylation is 1. The summed E-state index contributed by atoms with van der Waals surface area (Å²) in [4.78, 5) is 38.6. The van der Waals surface area contributed by atoms with E-state index in [9.17, 15) is 23.2 Å². The van der Waals surface area contributed by atoms with Gasteiger partial charge in [0.1, 0.15) is 10.8 Å². The minimum absolute atomic E-state index is 0.0402. The van der Waals surface area contributed by atoms with Gasteiger partial charge < -0.3 is 19.5 Å². The highest BCUT2D eigenvalue weighted by Gasteiger charge is 2.29. The fourth-order valence-electron chi connectivity index (χ4n) is 3.37. The first-order valence-electron chi connectivity index (χ1n) is 10.2. The van der Waals surface area contributed by atoms with Gasteiger partial charge in [-0.15, -0.1) is 11.3 Å². The molecular weight excluding hydrogens is 444 g/mol. The van der Waals surface area contributed by atoms with Crippen molar-refractivity contribution in [1.82, 2.24) is 0 Å². The molecule has 1 amide bonds. The smallest absolute Gasteiger partial charge is 0.387 e. The van der Waals surface area contributed by atoms with E-state index in [1.807, 2.05) is 0 Å². The maximum absolute atomic E-state index is 12.7. The van der Waals surface area contributed by atoms with Crippen molar-refractivity contribution < 1.29 is 37.4 Å². The second-order valence-corrected chi connectivity index (χ2v) is 8.18. The molecule has 0 bridgehead atoms. The van der Waals surface area contributed by atoms with Crippen molar-refractivity contribution in [3.63, 3.8) is 0 Å². The molecule has 0 spiro atoms. The van der Waals surface area contributed by atoms with E-state index in [2.05, 4.69) is 10.1 Å². The number of carbonyl (C=O) groups excluding carboxylic acids is 3. The second kappa shape index (κ2) is 10.5. The van der Waals surface area contributed by atoms with Crippen LogP contribution in [0.5, 0.6) is 5.75 Å². The summed E-state index contributed by atoms with van der Waals surface area (Å²) in [6.07, 6.45) is 2.31. The summed E-state index contributed by atoms with van der Waals surface area (Å²) in [7, 11) is 0. The highest BCUT2D eigenvalue weighted by molar-refractivity contribution is 7.17. The van der Waals surface area contributed by atoms with Gasteiger partial charge in [0.15, 0.2) is 6.10 Å². The topological polar surface area (TPSA) is 90.9 Å². The molecule has 1 heterocycles. The molecule has 0 unspecified atom stereocenters. The monoisotopic (exact) mass is 467 g/mol. The van der Waals surface area contributed by atoms with Crippen LogP contribution in [-0.4, -0.2) is 37.2 Å². The SMILES string of the molecule is CCOC(=O)c1c(NC(=O)[C@@H](C)OC(=O)c2cccc(OC(F)F)c2)sc2c1CCCC2. The number of fused-ring (bicyclic) bond motifs is 1. The molecule has 2 aromatic rings. The van der Waals surface area contributed by atoms with Crippen molar-refractivity contribution in [3.8, 4) is 5.75 Å². The van der Waals surface area contributed by atoms with Crippen LogP contribution < -0.4 is 10.1 Å². The van der Waals surface area contributed by atoms with Crippen LogP contribution in [0.3, 0.4) is 0 Å². The molecule has 0 radical (unpaired) electrons. The van der Waals surface area contributed by atoms with Crippen molar-refractivity contribution in [2.24, 2.45) is 0 Å². The van der Waals surface area contributed by atoms with Gasteiger partial charge in [-0.05, 0) is 63.3 Å². The summed E-state index contributed by atoms with van der Waals surface area (Å²) in [5, 5.41) is 3.05. The van der Waals surface area contributed by atoms with Gasteiger partial charge in [-0.25, -0.2) is 9.59 Å². The lowest BCUT2D eigenvalue weighted by molar-refractivity contribution is -0.123. The molecule has 1 N–H and O–H groups in total. The zero-order valence-electron chi connectivity index (χ0n) is 17.6. The van der Waals surface area contributed by atoms with Crippen LogP contribution in [0.2, 0.25) is 0 Å². The molecule has 1 aromatic heterocycles. The molecule has 1 aliphatic carbocycles. The van der Waals surface area contributed by atoms with Gasteiger partial charge in [-0.3, -0.25) is 4.79 Å². The Hall–Kier alpha value is -3.01. The van der Waals surface area contributed by atoms with Crippen LogP contribution in [0.15, 0.2) is 24.3 Å². The summed E-state index contributed by atoms with van der Waals surface area (Å²) < 4.78 is 39.4. The number of hydrogen-bond donors (Lipinski definition) is 1. The van der Waals surface area contributed by atoms with Crippen molar-refractivity contribution in [3.05, 3.63) is 45.8 Å². The van der Waals surface area contributed by atoms with Gasteiger partial charge in [0.2, 0.25) is 0 Å². The molecule has 1 aliphatic rings. The summed E-state index contributed by atoms with van der Waals surface area (Å²) in [6.45, 7) is 0.262. The fourth-order valence-corrected chi connectivity index (χ4v) is 4.65. The largest absolute Gasteiger partial charge is 0.462 e. The summed E-state index contributed by atoms with van der Waals surface area (Å²) >= 11 is 1.32. The number of nitrogens with one attached hydrogen (secondary N) is 1. The number of carbonyl (C=O) groups is 3. The Morgan fingerprint density at radius 2 is 1.91 bits per heavy atom. The lowest BCUT2D eigenvalue weighted by Crippen LogP contribution is -2.30. The van der Waals surface area contributed by atoms with E-state index in [1.165, 1.54) is 36.5 Å². The predicted octanol–water partition coefficient (Wildman–Crippen LogP) is 4.59. The van der Waals surface area contributed by atoms with E-state index in [1.54, 1.807) is 6.92 Å². The number of thiophene rings is 1. The van der Waals surface area contributed by atoms with Gasteiger partial charge >= 0.3 is 18.6 Å². The molecule has 0 saturated heterocycles. The molecule has 7 nitrogen and oxygen atoms in total. The average Bonchev–Trinajstić information content (AvgIpc) is 3.11. The van der Waals surface area contributed by atoms with Crippen LogP contribution in [0.25, 0.3) is 0 Å². The number of rotatable bonds is 8. The van der Waals surface area contributed by atoms with Gasteiger partial charge in [0.25, 0.3) is 5.91 Å². The molecule has 32 heavy (non-hydrogen) atoms. The second-order valence-electron chi connectivity index (χ2n) is 7.08. The van der Waals surface area contributed by atoms with E-state index in [0.717, 1.165) is 42.2 Å². The predicted molar refractivity (Wildman–Crippen MR) is 113 cm³/mol. The first-order chi connectivity index (χ1) is 15.3. The number of benzene rings is 1. The standard InChI is InChI=1S/C22H23F2NO6S/c1-3-29-21(28)17-15-9-4-5-10-16(15)32-19(17)25-18(26)12(2)30-20(27)13-7-6-8-14(11-13)31-22(23)24/h6-8,11-12,22H,3-5,9-10H2,1-2H3,(H,25,26)/t12-/m1/s1. The highest BCUT2D eigenvalue weighted by Crippen LogP contribution is 2.38. The Labute approximate surface area is 187 Å². The van der Waals surface area contributed by atoms with Crippen molar-refractivity contribution in [1.29, 1.82) is 0 Å². The maximum atomic E-state index is 12.7. The first-order valence-corrected chi connectivity index (χ1v) is 11.0. The lowest BCUT2D eigenvalue weighted by Gasteiger charge is -2.14. The maximum Gasteiger partial charge on any atom is 0.387 e. The van der Waals surface area contributed by atoms with E-state index in [-0.39, 0.29) is 17.9 Å². The number of amides is 1. The molecule has 10 heteroatoms. The Bertz CT molecular complexity index is 1010. The highest BCUT2D eigenvalue weighted by atomic mass is 32.1. The number of hydrogen-bond acceptors (Lipinski definition) is 7. The number of alkyl halides is 2. The van der Waals surface area contributed by atoms with E-state index >= 15 is 0 Å². The molecule has 172 valence electrons. The van der Waals surface area contributed by atoms with E-state index in [4.69, 9.17) is 9.47 Å². The molecule has 3 rings (SSSR count). The minimum Gasteiger partial charge on any atom is -0.462 e. The average molecular weight is 467 g/mol. The van der Waals surface area contributed by atoms with E-state index in [0.29, 0.717) is 10.6 Å².